The summed E-state index contributed by atoms with van der Waals surface area (Å²) in [5.74, 6) is -0.167. The predicted molar refractivity (Wildman–Crippen MR) is 66.5 cm³/mol. The molecule has 0 saturated carbocycles. The minimum Gasteiger partial charge on any atom is -0.378 e. The molecule has 1 aliphatic rings. The van der Waals surface area contributed by atoms with Gasteiger partial charge in [-0.2, -0.15) is 0 Å². The first-order chi connectivity index (χ1) is 8.24. The second-order valence-electron chi connectivity index (χ2n) is 4.73. The van der Waals surface area contributed by atoms with E-state index in [-0.39, 0.29) is 5.82 Å². The van der Waals surface area contributed by atoms with E-state index < -0.39 is 0 Å². The lowest BCUT2D eigenvalue weighted by Gasteiger charge is -2.28. The molecule has 1 aliphatic heterocycles. The minimum absolute atomic E-state index is 0.167. The highest BCUT2D eigenvalue weighted by Crippen LogP contribution is 2.13. The summed E-state index contributed by atoms with van der Waals surface area (Å²) in [4.78, 5) is 0. The van der Waals surface area contributed by atoms with Crippen molar-refractivity contribution in [1.29, 1.82) is 0 Å². The van der Waals surface area contributed by atoms with E-state index in [1.54, 1.807) is 0 Å². The lowest BCUT2D eigenvalue weighted by atomic mass is 10.0. The summed E-state index contributed by atoms with van der Waals surface area (Å²) in [6.45, 7) is 3.92. The van der Waals surface area contributed by atoms with Crippen molar-refractivity contribution in [3.63, 3.8) is 0 Å². The normalized spacial score (nSPS) is 24.8. The molecule has 2 rings (SSSR count). The van der Waals surface area contributed by atoms with Crippen molar-refractivity contribution in [2.24, 2.45) is 0 Å². The Labute approximate surface area is 102 Å². The van der Waals surface area contributed by atoms with Crippen LogP contribution in [0.4, 0.5) is 4.39 Å². The number of hydrogen-bond donors (Lipinski definition) is 1. The standard InChI is InChI=1S/C14H20FNO/c1-11-10-14(7-9-17-11)16-8-6-12-2-4-13(15)5-3-12/h2-5,11,14,16H,6-10H2,1H3. The third kappa shape index (κ3) is 4.10. The van der Waals surface area contributed by atoms with Crippen molar-refractivity contribution >= 4 is 0 Å². The number of nitrogens with one attached hydrogen (secondary N) is 1. The third-order valence-corrected chi connectivity index (χ3v) is 3.25. The SMILES string of the molecule is CC1CC(NCCc2ccc(F)cc2)CCO1. The Balaban J connectivity index is 1.70. The molecule has 1 saturated heterocycles. The average Bonchev–Trinajstić information content (AvgIpc) is 2.32. The van der Waals surface area contributed by atoms with Crippen LogP contribution in [-0.4, -0.2) is 25.3 Å². The van der Waals surface area contributed by atoms with E-state index >= 15 is 0 Å². The van der Waals surface area contributed by atoms with Crippen molar-refractivity contribution < 1.29 is 9.13 Å². The van der Waals surface area contributed by atoms with Gasteiger partial charge in [-0.1, -0.05) is 12.1 Å². The molecule has 2 nitrogen and oxygen atoms in total. The average molecular weight is 237 g/mol. The summed E-state index contributed by atoms with van der Waals surface area (Å²) in [7, 11) is 0. The Hall–Kier alpha value is -0.930. The molecule has 2 unspecified atom stereocenters. The molecule has 1 heterocycles. The van der Waals surface area contributed by atoms with Gasteiger partial charge in [-0.3, -0.25) is 0 Å². The lowest BCUT2D eigenvalue weighted by Crippen LogP contribution is -2.38. The number of ether oxygens (including phenoxy) is 1. The number of halogens is 1. The van der Waals surface area contributed by atoms with Crippen LogP contribution in [0.3, 0.4) is 0 Å². The first-order valence-corrected chi connectivity index (χ1v) is 6.33. The molecule has 0 amide bonds. The van der Waals surface area contributed by atoms with Crippen LogP contribution in [0.25, 0.3) is 0 Å². The molecular formula is C14H20FNO. The van der Waals surface area contributed by atoms with Crippen LogP contribution in [0.5, 0.6) is 0 Å². The van der Waals surface area contributed by atoms with Crippen LogP contribution in [0.15, 0.2) is 24.3 Å². The molecule has 1 aromatic carbocycles. The van der Waals surface area contributed by atoms with Crippen molar-refractivity contribution in [3.8, 4) is 0 Å². The molecule has 0 spiro atoms. The maximum Gasteiger partial charge on any atom is 0.123 e. The molecule has 0 aromatic heterocycles. The van der Waals surface area contributed by atoms with E-state index in [1.807, 2.05) is 12.1 Å². The van der Waals surface area contributed by atoms with Gasteiger partial charge >= 0.3 is 0 Å². The predicted octanol–water partition coefficient (Wildman–Crippen LogP) is 2.53. The van der Waals surface area contributed by atoms with E-state index in [2.05, 4.69) is 12.2 Å². The minimum atomic E-state index is -0.167. The highest BCUT2D eigenvalue weighted by molar-refractivity contribution is 5.16. The van der Waals surface area contributed by atoms with Crippen LogP contribution < -0.4 is 5.32 Å². The third-order valence-electron chi connectivity index (χ3n) is 3.25. The Morgan fingerprint density at radius 3 is 2.82 bits per heavy atom. The number of rotatable bonds is 4. The van der Waals surface area contributed by atoms with E-state index in [9.17, 15) is 4.39 Å². The van der Waals surface area contributed by atoms with Crippen LogP contribution in [0, 0.1) is 5.82 Å². The summed E-state index contributed by atoms with van der Waals surface area (Å²) in [5, 5.41) is 3.54. The van der Waals surface area contributed by atoms with Crippen LogP contribution in [0.1, 0.15) is 25.3 Å². The van der Waals surface area contributed by atoms with Crippen LogP contribution in [-0.2, 0) is 11.2 Å². The quantitative estimate of drug-likeness (QED) is 0.869. The van der Waals surface area contributed by atoms with Crippen molar-refractivity contribution in [3.05, 3.63) is 35.6 Å². The zero-order valence-electron chi connectivity index (χ0n) is 10.3. The molecule has 94 valence electrons. The molecule has 0 aliphatic carbocycles. The van der Waals surface area contributed by atoms with E-state index in [0.29, 0.717) is 12.1 Å². The summed E-state index contributed by atoms with van der Waals surface area (Å²) < 4.78 is 18.2. The maximum absolute atomic E-state index is 12.7. The van der Waals surface area contributed by atoms with Gasteiger partial charge in [-0.25, -0.2) is 4.39 Å². The molecule has 1 aromatic rings. The largest absolute Gasteiger partial charge is 0.378 e. The Morgan fingerprint density at radius 2 is 2.12 bits per heavy atom. The van der Waals surface area contributed by atoms with E-state index in [0.717, 1.165) is 32.4 Å². The first kappa shape index (κ1) is 12.5. The fraction of sp³-hybridized carbons (Fsp3) is 0.571. The van der Waals surface area contributed by atoms with Crippen molar-refractivity contribution in [1.82, 2.24) is 5.32 Å². The van der Waals surface area contributed by atoms with Crippen molar-refractivity contribution in [2.75, 3.05) is 13.2 Å². The summed E-state index contributed by atoms with van der Waals surface area (Å²) >= 11 is 0. The highest BCUT2D eigenvalue weighted by Gasteiger charge is 2.18. The molecule has 3 heteroatoms. The summed E-state index contributed by atoms with van der Waals surface area (Å²) in [5.41, 5.74) is 1.18. The van der Waals surface area contributed by atoms with Gasteiger partial charge in [0.05, 0.1) is 6.10 Å². The summed E-state index contributed by atoms with van der Waals surface area (Å²) in [6, 6.07) is 7.31. The van der Waals surface area contributed by atoms with E-state index in [4.69, 9.17) is 4.74 Å². The molecule has 17 heavy (non-hydrogen) atoms. The maximum atomic E-state index is 12.7. The lowest BCUT2D eigenvalue weighted by molar-refractivity contribution is 0.0135. The fourth-order valence-corrected chi connectivity index (χ4v) is 2.26. The Kier molecular flexibility index (Phi) is 4.51. The second kappa shape index (κ2) is 6.12. The molecule has 0 radical (unpaired) electrons. The van der Waals surface area contributed by atoms with Gasteiger partial charge < -0.3 is 10.1 Å². The van der Waals surface area contributed by atoms with Gasteiger partial charge in [-0.15, -0.1) is 0 Å². The van der Waals surface area contributed by atoms with E-state index in [1.165, 1.54) is 17.7 Å². The first-order valence-electron chi connectivity index (χ1n) is 6.33. The molecule has 1 fully saturated rings. The summed E-state index contributed by atoms with van der Waals surface area (Å²) in [6.07, 6.45) is 3.50. The monoisotopic (exact) mass is 237 g/mol. The number of benzene rings is 1. The second-order valence-corrected chi connectivity index (χ2v) is 4.73. The van der Waals surface area contributed by atoms with Crippen molar-refractivity contribution in [2.45, 2.75) is 38.3 Å². The number of hydrogen-bond acceptors (Lipinski definition) is 2. The van der Waals surface area contributed by atoms with Gasteiger partial charge in [0.1, 0.15) is 5.82 Å². The molecule has 1 N–H and O–H groups in total. The molecule has 0 bridgehead atoms. The van der Waals surface area contributed by atoms with Crippen LogP contribution in [0.2, 0.25) is 0 Å². The van der Waals surface area contributed by atoms with Gasteiger partial charge in [0.2, 0.25) is 0 Å². The van der Waals surface area contributed by atoms with Gasteiger partial charge in [-0.05, 0) is 50.4 Å². The smallest absolute Gasteiger partial charge is 0.123 e. The fourth-order valence-electron chi connectivity index (χ4n) is 2.26. The van der Waals surface area contributed by atoms with Gasteiger partial charge in [0.15, 0.2) is 0 Å². The molecular weight excluding hydrogens is 217 g/mol. The highest BCUT2D eigenvalue weighted by atomic mass is 19.1. The molecule has 2 atom stereocenters. The Bertz CT molecular complexity index is 339. The van der Waals surface area contributed by atoms with Gasteiger partial charge in [0, 0.05) is 12.6 Å². The van der Waals surface area contributed by atoms with Gasteiger partial charge in [0.25, 0.3) is 0 Å². The Morgan fingerprint density at radius 1 is 1.35 bits per heavy atom. The topological polar surface area (TPSA) is 21.3 Å². The zero-order chi connectivity index (χ0) is 12.1. The zero-order valence-corrected chi connectivity index (χ0v) is 10.3. The van der Waals surface area contributed by atoms with Crippen LogP contribution >= 0.6 is 0 Å².